The van der Waals surface area contributed by atoms with Crippen molar-refractivity contribution >= 4 is 23.5 Å². The topological polar surface area (TPSA) is 63.6 Å². The number of rotatable bonds is 4. The van der Waals surface area contributed by atoms with Gasteiger partial charge in [0.15, 0.2) is 5.41 Å². The number of hydrogen-bond donors (Lipinski definition) is 1. The van der Waals surface area contributed by atoms with Gasteiger partial charge < -0.3 is 9.84 Å². The summed E-state index contributed by atoms with van der Waals surface area (Å²) in [6.45, 7) is 1.17. The van der Waals surface area contributed by atoms with Gasteiger partial charge in [0.1, 0.15) is 5.82 Å². The Morgan fingerprint density at radius 1 is 1.50 bits per heavy atom. The monoisotopic (exact) mass is 274 g/mol. The lowest BCUT2D eigenvalue weighted by Gasteiger charge is -2.22. The lowest BCUT2D eigenvalue weighted by molar-refractivity contribution is -0.165. The molecule has 0 fully saturated rings. The molecule has 4 nitrogen and oxygen atoms in total. The van der Waals surface area contributed by atoms with Crippen molar-refractivity contribution in [1.82, 2.24) is 0 Å². The van der Waals surface area contributed by atoms with Gasteiger partial charge in [-0.05, 0) is 19.1 Å². The zero-order chi connectivity index (χ0) is 13.9. The van der Waals surface area contributed by atoms with E-state index in [1.54, 1.807) is 0 Å². The van der Waals surface area contributed by atoms with Crippen LogP contribution in [0, 0.1) is 11.2 Å². The Morgan fingerprint density at radius 2 is 2.11 bits per heavy atom. The van der Waals surface area contributed by atoms with Crippen LogP contribution in [0.4, 0.5) is 4.39 Å². The van der Waals surface area contributed by atoms with Crippen molar-refractivity contribution in [2.24, 2.45) is 5.41 Å². The maximum atomic E-state index is 13.6. The van der Waals surface area contributed by atoms with Crippen LogP contribution in [0.3, 0.4) is 0 Å². The number of halogens is 2. The molecular weight excluding hydrogens is 263 g/mol. The molecule has 1 atom stereocenters. The van der Waals surface area contributed by atoms with Crippen molar-refractivity contribution in [2.75, 3.05) is 7.11 Å². The molecule has 0 aliphatic rings. The highest BCUT2D eigenvalue weighted by Gasteiger charge is 2.43. The minimum Gasteiger partial charge on any atom is -0.480 e. The predicted octanol–water partition coefficient (Wildman–Crippen LogP) is 2.29. The minimum atomic E-state index is -1.87. The molecule has 0 aromatic heterocycles. The molecule has 0 amide bonds. The normalized spacial score (nSPS) is 13.8. The zero-order valence-corrected chi connectivity index (χ0v) is 10.6. The fourth-order valence-electron chi connectivity index (χ4n) is 1.52. The number of methoxy groups -OCH3 is 1. The molecule has 0 aliphatic heterocycles. The Hall–Kier alpha value is -1.62. The standard InChI is InChI=1S/C12H12ClFO4/c1-12(10(15)16,11(17)18-2)6-7-8(13)4-3-5-9(7)14/h3-5H,6H2,1-2H3,(H,15,16). The summed E-state index contributed by atoms with van der Waals surface area (Å²) in [6, 6.07) is 3.98. The van der Waals surface area contributed by atoms with Gasteiger partial charge in [-0.1, -0.05) is 17.7 Å². The highest BCUT2D eigenvalue weighted by molar-refractivity contribution is 6.31. The fourth-order valence-corrected chi connectivity index (χ4v) is 1.74. The molecule has 0 spiro atoms. The van der Waals surface area contributed by atoms with Crippen LogP contribution in [0.2, 0.25) is 5.02 Å². The first kappa shape index (κ1) is 14.4. The van der Waals surface area contributed by atoms with Crippen LogP contribution in [0.5, 0.6) is 0 Å². The van der Waals surface area contributed by atoms with Gasteiger partial charge in [-0.2, -0.15) is 0 Å². The second-order valence-electron chi connectivity index (χ2n) is 4.01. The Kier molecular flexibility index (Phi) is 4.29. The quantitative estimate of drug-likeness (QED) is 0.676. The van der Waals surface area contributed by atoms with Crippen molar-refractivity contribution in [3.63, 3.8) is 0 Å². The predicted molar refractivity (Wildman–Crippen MR) is 62.9 cm³/mol. The van der Waals surface area contributed by atoms with Crippen molar-refractivity contribution in [3.05, 3.63) is 34.6 Å². The third-order valence-corrected chi connectivity index (χ3v) is 3.05. The molecule has 0 heterocycles. The molecule has 1 rings (SSSR count). The first-order valence-electron chi connectivity index (χ1n) is 5.07. The number of carboxylic acids is 1. The van der Waals surface area contributed by atoms with Gasteiger partial charge in [0.25, 0.3) is 0 Å². The number of aliphatic carboxylic acids is 1. The highest BCUT2D eigenvalue weighted by Crippen LogP contribution is 2.30. The summed E-state index contributed by atoms with van der Waals surface area (Å²) < 4.78 is 18.0. The zero-order valence-electron chi connectivity index (χ0n) is 9.87. The molecule has 0 aliphatic carbocycles. The van der Waals surface area contributed by atoms with E-state index in [-0.39, 0.29) is 17.0 Å². The number of hydrogen-bond acceptors (Lipinski definition) is 3. The molecule has 0 saturated heterocycles. The molecule has 1 aromatic carbocycles. The summed E-state index contributed by atoms with van der Waals surface area (Å²) in [4.78, 5) is 22.7. The maximum absolute atomic E-state index is 13.6. The number of carbonyl (C=O) groups excluding carboxylic acids is 1. The number of ether oxygens (including phenoxy) is 1. The summed E-state index contributed by atoms with van der Waals surface area (Å²) in [5.74, 6) is -3.00. The lowest BCUT2D eigenvalue weighted by Crippen LogP contribution is -2.39. The molecule has 0 bridgehead atoms. The first-order valence-corrected chi connectivity index (χ1v) is 5.45. The van der Waals surface area contributed by atoms with E-state index in [2.05, 4.69) is 4.74 Å². The molecule has 1 N–H and O–H groups in total. The van der Waals surface area contributed by atoms with Gasteiger partial charge in [-0.25, -0.2) is 4.39 Å². The van der Waals surface area contributed by atoms with Gasteiger partial charge in [-0.3, -0.25) is 9.59 Å². The Labute approximate surface area is 108 Å². The largest absolute Gasteiger partial charge is 0.480 e. The smallest absolute Gasteiger partial charge is 0.323 e. The van der Waals surface area contributed by atoms with E-state index in [4.69, 9.17) is 16.7 Å². The molecule has 98 valence electrons. The SMILES string of the molecule is COC(=O)C(C)(Cc1c(F)cccc1Cl)C(=O)O. The average molecular weight is 275 g/mol. The molecule has 1 aromatic rings. The number of carbonyl (C=O) groups is 2. The fraction of sp³-hybridized carbons (Fsp3) is 0.333. The van der Waals surface area contributed by atoms with Gasteiger partial charge in [-0.15, -0.1) is 0 Å². The van der Waals surface area contributed by atoms with Crippen molar-refractivity contribution in [1.29, 1.82) is 0 Å². The van der Waals surface area contributed by atoms with E-state index in [1.807, 2.05) is 0 Å². The molecular formula is C12H12ClFO4. The second kappa shape index (κ2) is 5.35. The summed E-state index contributed by atoms with van der Waals surface area (Å²) in [7, 11) is 1.08. The van der Waals surface area contributed by atoms with Crippen LogP contribution in [0.25, 0.3) is 0 Å². The number of benzene rings is 1. The third-order valence-electron chi connectivity index (χ3n) is 2.70. The van der Waals surface area contributed by atoms with Crippen LogP contribution in [0.15, 0.2) is 18.2 Å². The summed E-state index contributed by atoms with van der Waals surface area (Å²) in [6.07, 6.45) is -0.374. The average Bonchev–Trinajstić information content (AvgIpc) is 2.32. The molecule has 1 unspecified atom stereocenters. The van der Waals surface area contributed by atoms with Gasteiger partial charge in [0.05, 0.1) is 7.11 Å². The van der Waals surface area contributed by atoms with Crippen molar-refractivity contribution in [2.45, 2.75) is 13.3 Å². The van der Waals surface area contributed by atoms with E-state index in [0.29, 0.717) is 0 Å². The van der Waals surface area contributed by atoms with Crippen LogP contribution in [-0.2, 0) is 20.7 Å². The Bertz CT molecular complexity index is 469. The minimum absolute atomic E-state index is 0.0190. The van der Waals surface area contributed by atoms with E-state index in [0.717, 1.165) is 13.2 Å². The summed E-state index contributed by atoms with van der Waals surface area (Å²) in [5.41, 5.74) is -1.89. The van der Waals surface area contributed by atoms with Gasteiger partial charge >= 0.3 is 11.9 Å². The summed E-state index contributed by atoms with van der Waals surface area (Å²) in [5, 5.41) is 9.19. The van der Waals surface area contributed by atoms with Crippen LogP contribution < -0.4 is 0 Å². The van der Waals surface area contributed by atoms with E-state index in [1.165, 1.54) is 19.1 Å². The van der Waals surface area contributed by atoms with Crippen LogP contribution in [0.1, 0.15) is 12.5 Å². The highest BCUT2D eigenvalue weighted by atomic mass is 35.5. The van der Waals surface area contributed by atoms with Crippen LogP contribution >= 0.6 is 11.6 Å². The molecule has 6 heteroatoms. The third kappa shape index (κ3) is 2.61. The number of carboxylic acid groups (broad SMARTS) is 1. The van der Waals surface area contributed by atoms with E-state index in [9.17, 15) is 14.0 Å². The van der Waals surface area contributed by atoms with E-state index < -0.39 is 23.2 Å². The second-order valence-corrected chi connectivity index (χ2v) is 4.41. The maximum Gasteiger partial charge on any atom is 0.323 e. The molecule has 0 saturated carbocycles. The van der Waals surface area contributed by atoms with E-state index >= 15 is 0 Å². The molecule has 0 radical (unpaired) electrons. The van der Waals surface area contributed by atoms with Crippen molar-refractivity contribution in [3.8, 4) is 0 Å². The summed E-state index contributed by atoms with van der Waals surface area (Å²) >= 11 is 5.80. The first-order chi connectivity index (χ1) is 8.32. The molecule has 18 heavy (non-hydrogen) atoms. The van der Waals surface area contributed by atoms with Gasteiger partial charge in [0.2, 0.25) is 0 Å². The lowest BCUT2D eigenvalue weighted by atomic mass is 9.83. The number of esters is 1. The van der Waals surface area contributed by atoms with Crippen LogP contribution in [-0.4, -0.2) is 24.2 Å². The Balaban J connectivity index is 3.20. The van der Waals surface area contributed by atoms with Crippen molar-refractivity contribution < 1.29 is 23.8 Å². The van der Waals surface area contributed by atoms with Gasteiger partial charge in [0, 0.05) is 17.0 Å². The Morgan fingerprint density at radius 3 is 2.56 bits per heavy atom.